The summed E-state index contributed by atoms with van der Waals surface area (Å²) in [4.78, 5) is 2.72. The Morgan fingerprint density at radius 1 is 1.27 bits per heavy atom. The largest absolute Gasteiger partial charge is 0.314 e. The fourth-order valence-corrected chi connectivity index (χ4v) is 2.53. The van der Waals surface area contributed by atoms with E-state index < -0.39 is 0 Å². The summed E-state index contributed by atoms with van der Waals surface area (Å²) < 4.78 is 0. The first kappa shape index (κ1) is 13.0. The second-order valence-electron chi connectivity index (χ2n) is 5.38. The van der Waals surface area contributed by atoms with Gasteiger partial charge in [0.2, 0.25) is 0 Å². The third-order valence-electron chi connectivity index (χ3n) is 4.09. The Labute approximate surface area is 95.4 Å². The van der Waals surface area contributed by atoms with Crippen molar-refractivity contribution in [1.82, 2.24) is 10.2 Å². The molecule has 3 unspecified atom stereocenters. The molecule has 3 atom stereocenters. The fourth-order valence-electron chi connectivity index (χ4n) is 2.53. The van der Waals surface area contributed by atoms with Gasteiger partial charge in [-0.1, -0.05) is 34.1 Å². The number of hydrogen-bond acceptors (Lipinski definition) is 2. The highest BCUT2D eigenvalue weighted by Gasteiger charge is 2.30. The van der Waals surface area contributed by atoms with Crippen LogP contribution in [0.1, 0.15) is 41.0 Å². The molecule has 0 amide bonds. The summed E-state index contributed by atoms with van der Waals surface area (Å²) in [7, 11) is 0. The van der Waals surface area contributed by atoms with Crippen LogP contribution in [0, 0.1) is 11.8 Å². The number of hydrogen-bond donors (Lipinski definition) is 1. The summed E-state index contributed by atoms with van der Waals surface area (Å²) in [6, 6.07) is 1.45. The molecule has 1 heterocycles. The van der Waals surface area contributed by atoms with Gasteiger partial charge in [0.1, 0.15) is 0 Å². The van der Waals surface area contributed by atoms with Gasteiger partial charge in [0.15, 0.2) is 0 Å². The Balaban J connectivity index is 2.62. The topological polar surface area (TPSA) is 15.3 Å². The van der Waals surface area contributed by atoms with Gasteiger partial charge in [-0.05, 0) is 18.8 Å². The molecule has 0 saturated carbocycles. The standard InChI is InChI=1S/C13H28N2/c1-6-11(4)12(5)15-8-7-14-9-13(15)10(2)3/h10-14H,6-9H2,1-5H3. The first-order valence-electron chi connectivity index (χ1n) is 6.54. The van der Waals surface area contributed by atoms with Gasteiger partial charge in [-0.15, -0.1) is 0 Å². The summed E-state index contributed by atoms with van der Waals surface area (Å²) in [5.74, 6) is 1.56. The molecule has 0 spiro atoms. The van der Waals surface area contributed by atoms with E-state index in [-0.39, 0.29) is 0 Å². The lowest BCUT2D eigenvalue weighted by molar-refractivity contribution is 0.0587. The molecule has 1 saturated heterocycles. The van der Waals surface area contributed by atoms with Crippen LogP contribution in [0.2, 0.25) is 0 Å². The third kappa shape index (κ3) is 3.18. The van der Waals surface area contributed by atoms with Crippen LogP contribution in [0.5, 0.6) is 0 Å². The number of piperazine rings is 1. The van der Waals surface area contributed by atoms with Crippen LogP contribution < -0.4 is 5.32 Å². The maximum absolute atomic E-state index is 3.52. The van der Waals surface area contributed by atoms with Crippen LogP contribution in [0.15, 0.2) is 0 Å². The van der Waals surface area contributed by atoms with Crippen LogP contribution >= 0.6 is 0 Å². The molecule has 2 nitrogen and oxygen atoms in total. The smallest absolute Gasteiger partial charge is 0.0247 e. The van der Waals surface area contributed by atoms with E-state index >= 15 is 0 Å². The van der Waals surface area contributed by atoms with Gasteiger partial charge in [-0.2, -0.15) is 0 Å². The Kier molecular flexibility index (Phi) is 5.07. The quantitative estimate of drug-likeness (QED) is 0.769. The Hall–Kier alpha value is -0.0800. The van der Waals surface area contributed by atoms with Gasteiger partial charge < -0.3 is 5.32 Å². The molecule has 1 N–H and O–H groups in total. The summed E-state index contributed by atoms with van der Waals surface area (Å²) >= 11 is 0. The van der Waals surface area contributed by atoms with Crippen molar-refractivity contribution in [3.63, 3.8) is 0 Å². The van der Waals surface area contributed by atoms with Crippen LogP contribution in [0.3, 0.4) is 0 Å². The van der Waals surface area contributed by atoms with Crippen LogP contribution in [-0.4, -0.2) is 36.6 Å². The lowest BCUT2D eigenvalue weighted by Crippen LogP contribution is -2.57. The summed E-state index contributed by atoms with van der Waals surface area (Å²) in [5.41, 5.74) is 0. The van der Waals surface area contributed by atoms with Gasteiger partial charge in [0.25, 0.3) is 0 Å². The van der Waals surface area contributed by atoms with Crippen molar-refractivity contribution in [3.05, 3.63) is 0 Å². The average Bonchev–Trinajstić information content (AvgIpc) is 2.27. The van der Waals surface area contributed by atoms with Gasteiger partial charge in [0.05, 0.1) is 0 Å². The fraction of sp³-hybridized carbons (Fsp3) is 1.00. The number of nitrogens with zero attached hydrogens (tertiary/aromatic N) is 1. The molecule has 1 fully saturated rings. The molecular weight excluding hydrogens is 184 g/mol. The third-order valence-corrected chi connectivity index (χ3v) is 4.09. The molecule has 0 bridgehead atoms. The minimum absolute atomic E-state index is 0.725. The van der Waals surface area contributed by atoms with Gasteiger partial charge in [-0.3, -0.25) is 4.90 Å². The van der Waals surface area contributed by atoms with E-state index in [1.807, 2.05) is 0 Å². The number of rotatable bonds is 4. The van der Waals surface area contributed by atoms with E-state index in [9.17, 15) is 0 Å². The molecular formula is C13H28N2. The monoisotopic (exact) mass is 212 g/mol. The maximum Gasteiger partial charge on any atom is 0.0247 e. The van der Waals surface area contributed by atoms with E-state index in [1.54, 1.807) is 0 Å². The summed E-state index contributed by atoms with van der Waals surface area (Å²) in [6.45, 7) is 15.3. The Morgan fingerprint density at radius 2 is 1.93 bits per heavy atom. The highest BCUT2D eigenvalue weighted by Crippen LogP contribution is 2.21. The molecule has 0 aromatic carbocycles. The first-order valence-corrected chi connectivity index (χ1v) is 6.54. The molecule has 0 radical (unpaired) electrons. The van der Waals surface area contributed by atoms with Gasteiger partial charge in [-0.25, -0.2) is 0 Å². The van der Waals surface area contributed by atoms with Crippen LogP contribution in [0.25, 0.3) is 0 Å². The van der Waals surface area contributed by atoms with Crippen molar-refractivity contribution in [2.24, 2.45) is 11.8 Å². The highest BCUT2D eigenvalue weighted by atomic mass is 15.2. The van der Waals surface area contributed by atoms with Crippen molar-refractivity contribution < 1.29 is 0 Å². The minimum Gasteiger partial charge on any atom is -0.314 e. The molecule has 1 rings (SSSR count). The molecule has 0 aliphatic carbocycles. The molecule has 0 aromatic rings. The van der Waals surface area contributed by atoms with E-state index in [4.69, 9.17) is 0 Å². The van der Waals surface area contributed by atoms with Crippen LogP contribution in [0.4, 0.5) is 0 Å². The van der Waals surface area contributed by atoms with E-state index in [2.05, 4.69) is 44.8 Å². The zero-order valence-corrected chi connectivity index (χ0v) is 11.1. The summed E-state index contributed by atoms with van der Waals surface area (Å²) in [5, 5.41) is 3.52. The zero-order valence-electron chi connectivity index (χ0n) is 11.1. The van der Waals surface area contributed by atoms with Crippen molar-refractivity contribution in [2.45, 2.75) is 53.1 Å². The van der Waals surface area contributed by atoms with Crippen molar-refractivity contribution in [3.8, 4) is 0 Å². The second-order valence-corrected chi connectivity index (χ2v) is 5.38. The van der Waals surface area contributed by atoms with Crippen LogP contribution in [-0.2, 0) is 0 Å². The predicted molar refractivity (Wildman–Crippen MR) is 67.1 cm³/mol. The molecule has 15 heavy (non-hydrogen) atoms. The van der Waals surface area contributed by atoms with Crippen molar-refractivity contribution in [1.29, 1.82) is 0 Å². The van der Waals surface area contributed by atoms with E-state index in [0.29, 0.717) is 0 Å². The maximum atomic E-state index is 3.52. The first-order chi connectivity index (χ1) is 7.07. The lowest BCUT2D eigenvalue weighted by Gasteiger charge is -2.44. The normalized spacial score (nSPS) is 28.0. The molecule has 0 aromatic heterocycles. The molecule has 1 aliphatic heterocycles. The Bertz CT molecular complexity index is 179. The average molecular weight is 212 g/mol. The van der Waals surface area contributed by atoms with Crippen molar-refractivity contribution in [2.75, 3.05) is 19.6 Å². The van der Waals surface area contributed by atoms with Crippen molar-refractivity contribution >= 4 is 0 Å². The molecule has 2 heteroatoms. The van der Waals surface area contributed by atoms with E-state index in [0.717, 1.165) is 30.5 Å². The zero-order chi connectivity index (χ0) is 11.4. The second kappa shape index (κ2) is 5.86. The predicted octanol–water partition coefficient (Wildman–Crippen LogP) is 2.35. The SMILES string of the molecule is CCC(C)C(C)N1CCNCC1C(C)C. The van der Waals surface area contributed by atoms with E-state index in [1.165, 1.54) is 19.5 Å². The van der Waals surface area contributed by atoms with Gasteiger partial charge in [0, 0.05) is 31.7 Å². The molecule has 90 valence electrons. The Morgan fingerprint density at radius 3 is 2.47 bits per heavy atom. The lowest BCUT2D eigenvalue weighted by atomic mass is 9.93. The highest BCUT2D eigenvalue weighted by molar-refractivity contribution is 4.86. The molecule has 1 aliphatic rings. The minimum atomic E-state index is 0.725. The number of nitrogens with one attached hydrogen (secondary N) is 1. The van der Waals surface area contributed by atoms with Gasteiger partial charge >= 0.3 is 0 Å². The summed E-state index contributed by atoms with van der Waals surface area (Å²) in [6.07, 6.45) is 1.29.